The molecule has 0 bridgehead atoms. The first-order valence-corrected chi connectivity index (χ1v) is 11.8. The van der Waals surface area contributed by atoms with Crippen molar-refractivity contribution in [3.8, 4) is 16.3 Å². The van der Waals surface area contributed by atoms with E-state index in [0.29, 0.717) is 5.02 Å². The van der Waals surface area contributed by atoms with Crippen LogP contribution in [0.4, 0.5) is 5.69 Å². The van der Waals surface area contributed by atoms with E-state index in [1.807, 2.05) is 32.0 Å². The van der Waals surface area contributed by atoms with E-state index < -0.39 is 5.91 Å². The van der Waals surface area contributed by atoms with Gasteiger partial charge in [-0.15, -0.1) is 10.2 Å². The Morgan fingerprint density at radius 1 is 1.24 bits per heavy atom. The number of amides is 1. The molecule has 2 aromatic heterocycles. The van der Waals surface area contributed by atoms with Crippen LogP contribution >= 0.6 is 46.8 Å². The Morgan fingerprint density at radius 3 is 2.76 bits per heavy atom. The average Bonchev–Trinajstić information content (AvgIpc) is 3.35. The molecular formula is C21H18Cl2N6O2S2. The summed E-state index contributed by atoms with van der Waals surface area (Å²) in [7, 11) is 1.42. The van der Waals surface area contributed by atoms with Gasteiger partial charge in [0.15, 0.2) is 10.9 Å². The molecule has 4 rings (SSSR count). The van der Waals surface area contributed by atoms with E-state index >= 15 is 0 Å². The molecule has 0 fully saturated rings. The molecule has 0 aliphatic heterocycles. The molecule has 0 spiro atoms. The highest BCUT2D eigenvalue weighted by Crippen LogP contribution is 2.32. The number of halogens is 2. The topological polar surface area (TPSA) is 93.4 Å². The predicted molar refractivity (Wildman–Crippen MR) is 135 cm³/mol. The van der Waals surface area contributed by atoms with Crippen LogP contribution in [0.2, 0.25) is 10.0 Å². The lowest BCUT2D eigenvalue weighted by atomic mass is 10.1. The van der Waals surface area contributed by atoms with Crippen molar-refractivity contribution in [2.24, 2.45) is 0 Å². The highest BCUT2D eigenvalue weighted by Gasteiger charge is 2.18. The van der Waals surface area contributed by atoms with Crippen LogP contribution in [0.25, 0.3) is 15.5 Å². The summed E-state index contributed by atoms with van der Waals surface area (Å²) in [6.45, 7) is 3.94. The molecule has 2 N–H and O–H groups in total. The molecule has 0 saturated heterocycles. The lowest BCUT2D eigenvalue weighted by Gasteiger charge is -2.14. The first-order valence-electron chi connectivity index (χ1n) is 9.78. The van der Waals surface area contributed by atoms with E-state index in [9.17, 15) is 4.79 Å². The molecule has 0 aliphatic rings. The number of benzene rings is 2. The summed E-state index contributed by atoms with van der Waals surface area (Å²) in [4.78, 5) is 13.5. The van der Waals surface area contributed by atoms with E-state index in [2.05, 4.69) is 25.9 Å². The summed E-state index contributed by atoms with van der Waals surface area (Å²) < 4.78 is 6.99. The number of carbonyl (C=O) groups is 1. The average molecular weight is 521 g/mol. The third-order valence-corrected chi connectivity index (χ3v) is 6.44. The zero-order chi connectivity index (χ0) is 23.7. The Hall–Kier alpha value is -2.79. The second-order valence-electron chi connectivity index (χ2n) is 6.98. The number of thiocarbonyl (C=S) groups is 1. The molecule has 4 aromatic rings. The van der Waals surface area contributed by atoms with E-state index in [1.54, 1.807) is 4.52 Å². The first-order chi connectivity index (χ1) is 15.8. The molecule has 2 heterocycles. The van der Waals surface area contributed by atoms with Crippen LogP contribution in [-0.2, 0) is 6.42 Å². The lowest BCUT2D eigenvalue weighted by molar-refractivity contribution is 0.0974. The van der Waals surface area contributed by atoms with E-state index in [1.165, 1.54) is 30.6 Å². The number of rotatable bonds is 5. The van der Waals surface area contributed by atoms with Gasteiger partial charge in [-0.25, -0.2) is 0 Å². The Balaban J connectivity index is 1.55. The number of methoxy groups -OCH3 is 1. The van der Waals surface area contributed by atoms with Crippen molar-refractivity contribution in [1.29, 1.82) is 0 Å². The van der Waals surface area contributed by atoms with Crippen molar-refractivity contribution in [3.05, 3.63) is 57.3 Å². The SMILES string of the molecule is CCc1nnc2sc(-c3ccc(C)c(NC(=S)NC(=O)c4cc(Cl)cc(Cl)c4OC)c3)nn12. The Bertz CT molecular complexity index is 1380. The maximum Gasteiger partial charge on any atom is 0.261 e. The van der Waals surface area contributed by atoms with Crippen LogP contribution in [0.15, 0.2) is 30.3 Å². The van der Waals surface area contributed by atoms with Crippen LogP contribution in [0.3, 0.4) is 0 Å². The van der Waals surface area contributed by atoms with Crippen LogP contribution in [0.5, 0.6) is 5.75 Å². The van der Waals surface area contributed by atoms with Gasteiger partial charge in [0.2, 0.25) is 4.96 Å². The van der Waals surface area contributed by atoms with Crippen LogP contribution in [-0.4, -0.2) is 37.9 Å². The molecule has 12 heteroatoms. The molecular weight excluding hydrogens is 503 g/mol. The van der Waals surface area contributed by atoms with Crippen LogP contribution in [0.1, 0.15) is 28.7 Å². The first kappa shape index (κ1) is 23.4. The summed E-state index contributed by atoms with van der Waals surface area (Å²) in [6, 6.07) is 8.80. The van der Waals surface area contributed by atoms with Gasteiger partial charge in [-0.1, -0.05) is 53.6 Å². The van der Waals surface area contributed by atoms with Gasteiger partial charge in [0.05, 0.1) is 17.7 Å². The molecule has 8 nitrogen and oxygen atoms in total. The number of aromatic nitrogens is 4. The third-order valence-electron chi connectivity index (χ3n) is 4.79. The van der Waals surface area contributed by atoms with Gasteiger partial charge in [-0.2, -0.15) is 9.61 Å². The summed E-state index contributed by atoms with van der Waals surface area (Å²) in [5, 5.41) is 20.1. The highest BCUT2D eigenvalue weighted by molar-refractivity contribution is 7.80. The van der Waals surface area contributed by atoms with Crippen molar-refractivity contribution in [1.82, 2.24) is 25.1 Å². The second-order valence-corrected chi connectivity index (χ2v) is 9.19. The van der Waals surface area contributed by atoms with Gasteiger partial charge in [-0.3, -0.25) is 10.1 Å². The summed E-state index contributed by atoms with van der Waals surface area (Å²) >= 11 is 19.0. The second kappa shape index (κ2) is 9.60. The van der Waals surface area contributed by atoms with Gasteiger partial charge in [0.25, 0.3) is 5.91 Å². The monoisotopic (exact) mass is 520 g/mol. The highest BCUT2D eigenvalue weighted by atomic mass is 35.5. The van der Waals surface area contributed by atoms with E-state index in [0.717, 1.165) is 39.0 Å². The number of nitrogens with one attached hydrogen (secondary N) is 2. The number of aryl methyl sites for hydroxylation is 2. The van der Waals surface area contributed by atoms with E-state index in [-0.39, 0.29) is 21.4 Å². The van der Waals surface area contributed by atoms with Gasteiger partial charge >= 0.3 is 0 Å². The van der Waals surface area contributed by atoms with Crippen molar-refractivity contribution in [2.45, 2.75) is 20.3 Å². The van der Waals surface area contributed by atoms with Crippen LogP contribution < -0.4 is 15.4 Å². The fourth-order valence-corrected chi connectivity index (χ4v) is 4.77. The fraction of sp³-hybridized carbons (Fsp3) is 0.190. The number of ether oxygens (including phenoxy) is 1. The number of anilines is 1. The van der Waals surface area contributed by atoms with Gasteiger partial charge in [0, 0.05) is 22.7 Å². The zero-order valence-electron chi connectivity index (χ0n) is 17.8. The Kier molecular flexibility index (Phi) is 6.80. The van der Waals surface area contributed by atoms with E-state index in [4.69, 9.17) is 40.2 Å². The van der Waals surface area contributed by atoms with Crippen LogP contribution in [0, 0.1) is 6.92 Å². The van der Waals surface area contributed by atoms with Gasteiger partial charge < -0.3 is 10.1 Å². The third kappa shape index (κ3) is 4.79. The molecule has 1 amide bonds. The fourth-order valence-electron chi connectivity index (χ4n) is 3.14. The number of nitrogens with zero attached hydrogens (tertiary/aromatic N) is 4. The minimum Gasteiger partial charge on any atom is -0.494 e. The molecule has 0 radical (unpaired) electrons. The van der Waals surface area contributed by atoms with Crippen molar-refractivity contribution < 1.29 is 9.53 Å². The Labute approximate surface area is 208 Å². The van der Waals surface area contributed by atoms with Crippen molar-refractivity contribution in [3.63, 3.8) is 0 Å². The minimum atomic E-state index is -0.497. The maximum absolute atomic E-state index is 12.8. The number of fused-ring (bicyclic) bond motifs is 1. The number of carbonyl (C=O) groups excluding carboxylic acids is 1. The number of hydrogen-bond donors (Lipinski definition) is 2. The normalized spacial score (nSPS) is 10.9. The maximum atomic E-state index is 12.8. The molecule has 170 valence electrons. The van der Waals surface area contributed by atoms with Gasteiger partial charge in [-0.05, 0) is 42.9 Å². The smallest absolute Gasteiger partial charge is 0.261 e. The predicted octanol–water partition coefficient (Wildman–Crippen LogP) is 5.17. The molecule has 0 atom stereocenters. The minimum absolute atomic E-state index is 0.116. The molecule has 0 unspecified atom stereocenters. The van der Waals surface area contributed by atoms with Crippen molar-refractivity contribution in [2.75, 3.05) is 12.4 Å². The van der Waals surface area contributed by atoms with Gasteiger partial charge in [0.1, 0.15) is 10.8 Å². The molecule has 0 aliphatic carbocycles. The summed E-state index contributed by atoms with van der Waals surface area (Å²) in [5.41, 5.74) is 2.74. The summed E-state index contributed by atoms with van der Waals surface area (Å²) in [6.07, 6.45) is 0.738. The molecule has 2 aromatic carbocycles. The molecule has 33 heavy (non-hydrogen) atoms. The largest absolute Gasteiger partial charge is 0.494 e. The Morgan fingerprint density at radius 2 is 2.03 bits per heavy atom. The molecule has 0 saturated carbocycles. The van der Waals surface area contributed by atoms with Crippen molar-refractivity contribution >= 4 is 68.4 Å². The standard InChI is InChI=1S/C21H18Cl2N6O2S2/c1-4-16-26-27-21-29(16)28-19(33-21)11-6-5-10(2)15(7-11)24-20(32)25-18(30)13-8-12(22)9-14(23)17(13)31-3/h5-9H,4H2,1-3H3,(H2,24,25,30,32). The number of hydrogen-bond acceptors (Lipinski definition) is 7. The summed E-state index contributed by atoms with van der Waals surface area (Å²) in [5.74, 6) is 0.524. The zero-order valence-corrected chi connectivity index (χ0v) is 20.9. The lowest BCUT2D eigenvalue weighted by Crippen LogP contribution is -2.34. The quantitative estimate of drug-likeness (QED) is 0.350.